The van der Waals surface area contributed by atoms with Gasteiger partial charge in [-0.05, 0) is 56.4 Å². The SMILES string of the molecule is Cc1ccc(CCC(=O)N(Cc2cccc(Br)c2)C(C)C(=O)NC2CCCCC2)cc1. The number of aryl methyl sites for hydroxylation is 2. The molecule has 1 aliphatic carbocycles. The van der Waals surface area contributed by atoms with E-state index in [2.05, 4.69) is 52.4 Å². The van der Waals surface area contributed by atoms with Gasteiger partial charge in [-0.15, -0.1) is 0 Å². The predicted octanol–water partition coefficient (Wildman–Crippen LogP) is 5.56. The van der Waals surface area contributed by atoms with Crippen molar-refractivity contribution in [2.24, 2.45) is 0 Å². The van der Waals surface area contributed by atoms with Gasteiger partial charge in [0.2, 0.25) is 11.8 Å². The molecule has 2 aromatic carbocycles. The molecule has 1 unspecified atom stereocenters. The maximum atomic E-state index is 13.2. The average molecular weight is 485 g/mol. The molecule has 0 heterocycles. The molecule has 0 bridgehead atoms. The van der Waals surface area contributed by atoms with E-state index in [1.165, 1.54) is 12.0 Å². The Balaban J connectivity index is 1.70. The Hall–Kier alpha value is -2.14. The van der Waals surface area contributed by atoms with Gasteiger partial charge in [0.15, 0.2) is 0 Å². The maximum absolute atomic E-state index is 13.2. The highest BCUT2D eigenvalue weighted by Gasteiger charge is 2.28. The van der Waals surface area contributed by atoms with Crippen molar-refractivity contribution in [2.75, 3.05) is 0 Å². The smallest absolute Gasteiger partial charge is 0.242 e. The summed E-state index contributed by atoms with van der Waals surface area (Å²) in [5.41, 5.74) is 3.36. The summed E-state index contributed by atoms with van der Waals surface area (Å²) >= 11 is 3.51. The van der Waals surface area contributed by atoms with Crippen LogP contribution in [0.2, 0.25) is 0 Å². The van der Waals surface area contributed by atoms with Gasteiger partial charge in [-0.1, -0.05) is 77.2 Å². The van der Waals surface area contributed by atoms with Crippen molar-refractivity contribution >= 4 is 27.7 Å². The monoisotopic (exact) mass is 484 g/mol. The third-order valence-electron chi connectivity index (χ3n) is 6.11. The third kappa shape index (κ3) is 7.20. The largest absolute Gasteiger partial charge is 0.352 e. The number of carbonyl (C=O) groups is 2. The van der Waals surface area contributed by atoms with Gasteiger partial charge >= 0.3 is 0 Å². The van der Waals surface area contributed by atoms with Crippen LogP contribution >= 0.6 is 15.9 Å². The predicted molar refractivity (Wildman–Crippen MR) is 129 cm³/mol. The highest BCUT2D eigenvalue weighted by molar-refractivity contribution is 9.10. The van der Waals surface area contributed by atoms with E-state index < -0.39 is 6.04 Å². The van der Waals surface area contributed by atoms with E-state index in [1.807, 2.05) is 31.2 Å². The van der Waals surface area contributed by atoms with E-state index in [9.17, 15) is 9.59 Å². The topological polar surface area (TPSA) is 49.4 Å². The number of benzene rings is 2. The summed E-state index contributed by atoms with van der Waals surface area (Å²) in [5, 5.41) is 3.19. The van der Waals surface area contributed by atoms with Crippen LogP contribution in [-0.4, -0.2) is 28.8 Å². The molecule has 1 atom stereocenters. The lowest BCUT2D eigenvalue weighted by molar-refractivity contribution is -0.141. The second-order valence-electron chi connectivity index (χ2n) is 8.66. The maximum Gasteiger partial charge on any atom is 0.242 e. The molecule has 0 aliphatic heterocycles. The van der Waals surface area contributed by atoms with Crippen molar-refractivity contribution in [3.8, 4) is 0 Å². The molecule has 0 saturated heterocycles. The first-order chi connectivity index (χ1) is 14.9. The van der Waals surface area contributed by atoms with E-state index >= 15 is 0 Å². The van der Waals surface area contributed by atoms with Crippen LogP contribution in [0.15, 0.2) is 53.0 Å². The number of hydrogen-bond donors (Lipinski definition) is 1. The minimum atomic E-state index is -0.508. The zero-order valence-electron chi connectivity index (χ0n) is 18.6. The lowest BCUT2D eigenvalue weighted by Gasteiger charge is -2.31. The quantitative estimate of drug-likeness (QED) is 0.533. The molecule has 166 valence electrons. The second kappa shape index (κ2) is 11.5. The van der Waals surface area contributed by atoms with E-state index in [0.717, 1.165) is 41.3 Å². The second-order valence-corrected chi connectivity index (χ2v) is 9.57. The number of nitrogens with one attached hydrogen (secondary N) is 1. The van der Waals surface area contributed by atoms with Gasteiger partial charge in [-0.2, -0.15) is 0 Å². The molecular weight excluding hydrogens is 452 g/mol. The first-order valence-electron chi connectivity index (χ1n) is 11.3. The van der Waals surface area contributed by atoms with Gasteiger partial charge in [-0.3, -0.25) is 9.59 Å². The number of amides is 2. The molecule has 31 heavy (non-hydrogen) atoms. The van der Waals surface area contributed by atoms with Crippen LogP contribution in [0.1, 0.15) is 62.1 Å². The van der Waals surface area contributed by atoms with Crippen LogP contribution in [0, 0.1) is 6.92 Å². The minimum Gasteiger partial charge on any atom is -0.352 e. The fourth-order valence-electron chi connectivity index (χ4n) is 4.13. The van der Waals surface area contributed by atoms with Gasteiger partial charge in [0.05, 0.1) is 0 Å². The molecule has 3 rings (SSSR count). The zero-order chi connectivity index (χ0) is 22.2. The normalized spacial score (nSPS) is 15.3. The Morgan fingerprint density at radius 2 is 1.77 bits per heavy atom. The van der Waals surface area contributed by atoms with Gasteiger partial charge in [-0.25, -0.2) is 0 Å². The van der Waals surface area contributed by atoms with Crippen molar-refractivity contribution in [3.05, 3.63) is 69.7 Å². The minimum absolute atomic E-state index is 0.00634. The Bertz CT molecular complexity index is 875. The lowest BCUT2D eigenvalue weighted by atomic mass is 9.95. The number of carbonyl (C=O) groups excluding carboxylic acids is 2. The number of rotatable bonds is 8. The summed E-state index contributed by atoms with van der Waals surface area (Å²) in [5.74, 6) is -0.0440. The summed E-state index contributed by atoms with van der Waals surface area (Å²) in [7, 11) is 0. The molecule has 1 N–H and O–H groups in total. The fourth-order valence-corrected chi connectivity index (χ4v) is 4.58. The van der Waals surface area contributed by atoms with Crippen molar-refractivity contribution < 1.29 is 9.59 Å². The molecule has 0 spiro atoms. The van der Waals surface area contributed by atoms with Crippen LogP contribution < -0.4 is 5.32 Å². The summed E-state index contributed by atoms with van der Waals surface area (Å²) < 4.78 is 0.969. The first-order valence-corrected chi connectivity index (χ1v) is 12.1. The third-order valence-corrected chi connectivity index (χ3v) is 6.60. The first kappa shape index (κ1) is 23.5. The Kier molecular flexibility index (Phi) is 8.70. The average Bonchev–Trinajstić information content (AvgIpc) is 2.77. The fraction of sp³-hybridized carbons (Fsp3) is 0.462. The van der Waals surface area contributed by atoms with Crippen molar-refractivity contribution in [2.45, 2.75) is 77.4 Å². The number of hydrogen-bond acceptors (Lipinski definition) is 2. The van der Waals surface area contributed by atoms with Gasteiger partial charge in [0.1, 0.15) is 6.04 Å². The van der Waals surface area contributed by atoms with Crippen LogP contribution in [-0.2, 0) is 22.6 Å². The molecule has 4 nitrogen and oxygen atoms in total. The van der Waals surface area contributed by atoms with E-state index in [1.54, 1.807) is 4.90 Å². The van der Waals surface area contributed by atoms with Gasteiger partial charge in [0, 0.05) is 23.5 Å². The van der Waals surface area contributed by atoms with Crippen LogP contribution in [0.5, 0.6) is 0 Å². The Morgan fingerprint density at radius 3 is 2.45 bits per heavy atom. The summed E-state index contributed by atoms with van der Waals surface area (Å²) in [6, 6.07) is 15.9. The molecule has 1 fully saturated rings. The molecule has 1 saturated carbocycles. The molecular formula is C26H33BrN2O2. The zero-order valence-corrected chi connectivity index (χ0v) is 20.2. The number of nitrogens with zero attached hydrogens (tertiary/aromatic N) is 1. The van der Waals surface area contributed by atoms with Crippen molar-refractivity contribution in [1.82, 2.24) is 10.2 Å². The molecule has 0 aromatic heterocycles. The number of halogens is 1. The van der Waals surface area contributed by atoms with E-state index in [-0.39, 0.29) is 17.9 Å². The standard InChI is InChI=1S/C26H33BrN2O2/c1-19-11-13-21(14-12-19)15-16-25(30)29(18-22-7-6-8-23(27)17-22)20(2)26(31)28-24-9-4-3-5-10-24/h6-8,11-14,17,20,24H,3-5,9-10,15-16,18H2,1-2H3,(H,28,31). The van der Waals surface area contributed by atoms with Crippen LogP contribution in [0.4, 0.5) is 0 Å². The van der Waals surface area contributed by atoms with E-state index in [4.69, 9.17) is 0 Å². The molecule has 1 aliphatic rings. The van der Waals surface area contributed by atoms with Crippen LogP contribution in [0.25, 0.3) is 0 Å². The summed E-state index contributed by atoms with van der Waals surface area (Å²) in [6.45, 7) is 4.33. The van der Waals surface area contributed by atoms with E-state index in [0.29, 0.717) is 19.4 Å². The van der Waals surface area contributed by atoms with Crippen molar-refractivity contribution in [1.29, 1.82) is 0 Å². The van der Waals surface area contributed by atoms with Gasteiger partial charge < -0.3 is 10.2 Å². The Labute approximate surface area is 194 Å². The summed E-state index contributed by atoms with van der Waals surface area (Å²) in [4.78, 5) is 28.0. The van der Waals surface area contributed by atoms with Crippen molar-refractivity contribution in [3.63, 3.8) is 0 Å². The van der Waals surface area contributed by atoms with Crippen LogP contribution in [0.3, 0.4) is 0 Å². The molecule has 2 aromatic rings. The Morgan fingerprint density at radius 1 is 1.06 bits per heavy atom. The highest BCUT2D eigenvalue weighted by atomic mass is 79.9. The molecule has 0 radical (unpaired) electrons. The highest BCUT2D eigenvalue weighted by Crippen LogP contribution is 2.19. The van der Waals surface area contributed by atoms with Gasteiger partial charge in [0.25, 0.3) is 0 Å². The summed E-state index contributed by atoms with van der Waals surface area (Å²) in [6.07, 6.45) is 6.70. The molecule has 2 amide bonds. The lowest BCUT2D eigenvalue weighted by Crippen LogP contribution is -2.50. The molecule has 5 heteroatoms.